The van der Waals surface area contributed by atoms with Crippen LogP contribution in [0.15, 0.2) is 51.9 Å². The molecule has 2 aliphatic rings. The normalized spacial score (nSPS) is 19.7. The van der Waals surface area contributed by atoms with Crippen LogP contribution in [-0.2, 0) is 11.3 Å². The number of fused-ring (bicyclic) bond motifs is 1. The fourth-order valence-corrected chi connectivity index (χ4v) is 5.93. The summed E-state index contributed by atoms with van der Waals surface area (Å²) in [4.78, 5) is 19.0. The Morgan fingerprint density at radius 2 is 2.03 bits per heavy atom. The van der Waals surface area contributed by atoms with Gasteiger partial charge in [-0.2, -0.15) is 0 Å². The average molecular weight is 503 g/mol. The number of furan rings is 1. The highest BCUT2D eigenvalue weighted by atomic mass is 16.5. The van der Waals surface area contributed by atoms with Crippen LogP contribution in [0.1, 0.15) is 79.7 Å². The first kappa shape index (κ1) is 24.1. The fraction of sp³-hybridized carbons (Fsp3) is 0.500. The van der Waals surface area contributed by atoms with E-state index < -0.39 is 6.04 Å². The number of pyridine rings is 1. The lowest BCUT2D eigenvalue weighted by atomic mass is 9.95. The van der Waals surface area contributed by atoms with Gasteiger partial charge in [-0.15, -0.1) is 5.10 Å². The van der Waals surface area contributed by atoms with E-state index in [0.29, 0.717) is 24.5 Å². The van der Waals surface area contributed by atoms with Gasteiger partial charge in [-0.25, -0.2) is 4.68 Å². The predicted octanol–water partition coefficient (Wildman–Crippen LogP) is 4.69. The lowest BCUT2D eigenvalue weighted by Gasteiger charge is -2.33. The van der Waals surface area contributed by atoms with Gasteiger partial charge < -0.3 is 14.1 Å². The van der Waals surface area contributed by atoms with Crippen LogP contribution < -0.4 is 5.56 Å². The van der Waals surface area contributed by atoms with Crippen LogP contribution in [0.25, 0.3) is 10.9 Å². The molecule has 3 aromatic heterocycles. The number of tetrazole rings is 1. The molecular weight excluding hydrogens is 468 g/mol. The van der Waals surface area contributed by atoms with Crippen molar-refractivity contribution in [3.8, 4) is 0 Å². The number of aromatic amines is 1. The molecule has 1 saturated carbocycles. The van der Waals surface area contributed by atoms with Gasteiger partial charge in [-0.05, 0) is 78.8 Å². The van der Waals surface area contributed by atoms with E-state index in [2.05, 4.69) is 38.4 Å². The van der Waals surface area contributed by atoms with E-state index in [1.165, 1.54) is 6.42 Å². The lowest BCUT2D eigenvalue weighted by molar-refractivity contribution is 0.0539. The third kappa shape index (κ3) is 5.10. The minimum absolute atomic E-state index is 0.0817. The highest BCUT2D eigenvalue weighted by molar-refractivity contribution is 5.79. The minimum Gasteiger partial charge on any atom is -0.468 e. The van der Waals surface area contributed by atoms with Crippen LogP contribution in [0.3, 0.4) is 0 Å². The van der Waals surface area contributed by atoms with Gasteiger partial charge in [0.2, 0.25) is 0 Å². The zero-order valence-electron chi connectivity index (χ0n) is 21.3. The van der Waals surface area contributed by atoms with Gasteiger partial charge in [-0.3, -0.25) is 9.69 Å². The van der Waals surface area contributed by atoms with E-state index in [9.17, 15) is 4.79 Å². The van der Waals surface area contributed by atoms with Gasteiger partial charge in [0.15, 0.2) is 5.82 Å². The molecule has 0 bridgehead atoms. The van der Waals surface area contributed by atoms with Gasteiger partial charge in [0.1, 0.15) is 11.8 Å². The topological polar surface area (TPSA) is 102 Å². The predicted molar refractivity (Wildman–Crippen MR) is 139 cm³/mol. The largest absolute Gasteiger partial charge is 0.468 e. The molecule has 0 spiro atoms. The molecule has 2 fully saturated rings. The van der Waals surface area contributed by atoms with Crippen molar-refractivity contribution in [1.29, 1.82) is 0 Å². The Bertz CT molecular complexity index is 1380. The summed E-state index contributed by atoms with van der Waals surface area (Å²) in [6.07, 6.45) is 9.45. The van der Waals surface area contributed by atoms with Gasteiger partial charge in [0.05, 0.1) is 25.0 Å². The van der Waals surface area contributed by atoms with Crippen LogP contribution in [0.2, 0.25) is 0 Å². The van der Waals surface area contributed by atoms with E-state index >= 15 is 0 Å². The SMILES string of the molecule is Cc1ccc2[nH]c(=O)c([C@H](c3nnnn3C3CCCCC3)N(Cc3ccco3)C[C@H]3CCCO3)cc2c1. The van der Waals surface area contributed by atoms with Crippen LogP contribution in [0, 0.1) is 6.92 Å². The number of hydrogen-bond acceptors (Lipinski definition) is 7. The minimum atomic E-state index is -0.458. The second-order valence-corrected chi connectivity index (χ2v) is 10.5. The van der Waals surface area contributed by atoms with Gasteiger partial charge in [-0.1, -0.05) is 30.9 Å². The third-order valence-electron chi connectivity index (χ3n) is 7.77. The van der Waals surface area contributed by atoms with Crippen molar-refractivity contribution in [1.82, 2.24) is 30.1 Å². The number of H-pyrrole nitrogens is 1. The summed E-state index contributed by atoms with van der Waals surface area (Å²) in [5.41, 5.74) is 2.47. The number of rotatable bonds is 8. The van der Waals surface area contributed by atoms with Gasteiger partial charge in [0, 0.05) is 24.2 Å². The van der Waals surface area contributed by atoms with Crippen LogP contribution in [0.5, 0.6) is 0 Å². The summed E-state index contributed by atoms with van der Waals surface area (Å²) in [5.74, 6) is 1.53. The Hall–Kier alpha value is -3.30. The highest BCUT2D eigenvalue weighted by Gasteiger charge is 2.35. The van der Waals surface area contributed by atoms with E-state index in [0.717, 1.165) is 67.4 Å². The smallest absolute Gasteiger partial charge is 0.253 e. The summed E-state index contributed by atoms with van der Waals surface area (Å²) in [7, 11) is 0. The van der Waals surface area contributed by atoms with E-state index in [4.69, 9.17) is 9.15 Å². The van der Waals surface area contributed by atoms with Crippen LogP contribution >= 0.6 is 0 Å². The number of benzene rings is 1. The van der Waals surface area contributed by atoms with Crippen molar-refractivity contribution in [3.05, 3.63) is 75.7 Å². The summed E-state index contributed by atoms with van der Waals surface area (Å²) < 4.78 is 13.8. The molecule has 9 nitrogen and oxygen atoms in total. The quantitative estimate of drug-likeness (QED) is 0.373. The second kappa shape index (κ2) is 10.6. The molecule has 1 N–H and O–H groups in total. The Morgan fingerprint density at radius 1 is 1.14 bits per heavy atom. The second-order valence-electron chi connectivity index (χ2n) is 10.5. The highest BCUT2D eigenvalue weighted by Crippen LogP contribution is 2.34. The number of ether oxygens (including phenoxy) is 1. The van der Waals surface area contributed by atoms with Gasteiger partial charge in [0.25, 0.3) is 5.56 Å². The molecule has 37 heavy (non-hydrogen) atoms. The Morgan fingerprint density at radius 3 is 2.81 bits per heavy atom. The third-order valence-corrected chi connectivity index (χ3v) is 7.77. The van der Waals surface area contributed by atoms with Crippen molar-refractivity contribution < 1.29 is 9.15 Å². The average Bonchev–Trinajstić information content (AvgIpc) is 3.69. The van der Waals surface area contributed by atoms with Gasteiger partial charge >= 0.3 is 0 Å². The first-order valence-corrected chi connectivity index (χ1v) is 13.4. The molecule has 9 heteroatoms. The maximum Gasteiger partial charge on any atom is 0.253 e. The molecule has 194 valence electrons. The lowest BCUT2D eigenvalue weighted by Crippen LogP contribution is -2.39. The summed E-state index contributed by atoms with van der Waals surface area (Å²) in [5, 5.41) is 14.2. The molecule has 1 saturated heterocycles. The molecular formula is C28H34N6O3. The van der Waals surface area contributed by atoms with Crippen LogP contribution in [0.4, 0.5) is 0 Å². The first-order chi connectivity index (χ1) is 18.2. The summed E-state index contributed by atoms with van der Waals surface area (Å²) in [6.45, 7) is 3.99. The maximum atomic E-state index is 13.7. The van der Waals surface area contributed by atoms with E-state index in [1.54, 1.807) is 6.26 Å². The maximum absolute atomic E-state index is 13.7. The number of nitrogens with one attached hydrogen (secondary N) is 1. The summed E-state index contributed by atoms with van der Waals surface area (Å²) >= 11 is 0. The molecule has 4 heterocycles. The molecule has 2 atom stereocenters. The Balaban J connectivity index is 1.50. The fourth-order valence-electron chi connectivity index (χ4n) is 5.93. The van der Waals surface area contributed by atoms with E-state index in [-0.39, 0.29) is 17.7 Å². The zero-order valence-corrected chi connectivity index (χ0v) is 21.3. The molecule has 4 aromatic rings. The standard InChI is InChI=1S/C28H34N6O3/c1-19-11-12-25-20(15-19)16-24(28(35)29-25)26(27-30-31-32-34(27)21-7-3-2-4-8-21)33(17-22-9-5-13-36-22)18-23-10-6-14-37-23/h5,9,11-13,15-16,21,23,26H,2-4,6-8,10,14,17-18H2,1H3,(H,29,35)/t23-,26-/m1/s1. The molecule has 1 aromatic carbocycles. The Labute approximate surface area is 215 Å². The van der Waals surface area contributed by atoms with Crippen molar-refractivity contribution in [2.75, 3.05) is 13.2 Å². The molecule has 0 unspecified atom stereocenters. The summed E-state index contributed by atoms with van der Waals surface area (Å²) in [6, 6.07) is 11.7. The molecule has 0 radical (unpaired) electrons. The molecule has 0 amide bonds. The zero-order chi connectivity index (χ0) is 25.2. The molecule has 1 aliphatic carbocycles. The monoisotopic (exact) mass is 502 g/mol. The number of aryl methyl sites for hydroxylation is 1. The van der Waals surface area contributed by atoms with Crippen molar-refractivity contribution in [3.63, 3.8) is 0 Å². The first-order valence-electron chi connectivity index (χ1n) is 13.4. The number of aromatic nitrogens is 5. The number of hydrogen-bond donors (Lipinski definition) is 1. The molecule has 1 aliphatic heterocycles. The van der Waals surface area contributed by atoms with Crippen LogP contribution in [-0.4, -0.2) is 49.3 Å². The Kier molecular flexibility index (Phi) is 6.89. The van der Waals surface area contributed by atoms with E-state index in [1.807, 2.05) is 35.0 Å². The van der Waals surface area contributed by atoms with Crippen molar-refractivity contribution in [2.24, 2.45) is 0 Å². The van der Waals surface area contributed by atoms with Crippen molar-refractivity contribution >= 4 is 10.9 Å². The molecule has 6 rings (SSSR count). The number of nitrogens with zero attached hydrogens (tertiary/aromatic N) is 5. The van der Waals surface area contributed by atoms with Crippen molar-refractivity contribution in [2.45, 2.75) is 76.6 Å².